The topological polar surface area (TPSA) is 62.2 Å². The minimum Gasteiger partial charge on any atom is -0.395 e. The number of halogens is 2. The normalized spacial score (nSPS) is 14.8. The summed E-state index contributed by atoms with van der Waals surface area (Å²) in [6, 6.07) is 3.42. The van der Waals surface area contributed by atoms with Gasteiger partial charge in [0.15, 0.2) is 0 Å². The molecule has 1 amide bonds. The van der Waals surface area contributed by atoms with Crippen molar-refractivity contribution in [2.75, 3.05) is 12.9 Å². The van der Waals surface area contributed by atoms with E-state index in [0.29, 0.717) is 0 Å². The van der Waals surface area contributed by atoms with E-state index in [4.69, 9.17) is 5.11 Å². The Morgan fingerprint density at radius 1 is 1.58 bits per heavy atom. The van der Waals surface area contributed by atoms with Crippen molar-refractivity contribution in [2.45, 2.75) is 24.1 Å². The molecule has 1 heterocycles. The Labute approximate surface area is 114 Å². The first-order chi connectivity index (χ1) is 8.93. The van der Waals surface area contributed by atoms with Gasteiger partial charge >= 0.3 is 5.92 Å². The number of hydrogen-bond donors (Lipinski definition) is 2. The number of nitrogens with one attached hydrogen (secondary N) is 1. The average Bonchev–Trinajstić information content (AvgIpc) is 2.41. The highest BCUT2D eigenvalue weighted by Crippen LogP contribution is 2.26. The number of amides is 1. The molecule has 0 spiro atoms. The fraction of sp³-hybridized carbons (Fsp3) is 0.500. The molecule has 1 aromatic heterocycles. The zero-order valence-electron chi connectivity index (χ0n) is 10.6. The standard InChI is InChI=1S/C12H16F2N2O2S/c1-8(9(7-17)19-2)16-11(18)12(13,14)10-5-3-4-6-15-10/h3-6,8-9,17H,7H2,1-2H3,(H,16,18)/t8-,9+/m0/s1. The molecule has 7 heteroatoms. The van der Waals surface area contributed by atoms with Crippen molar-refractivity contribution >= 4 is 17.7 Å². The van der Waals surface area contributed by atoms with E-state index in [-0.39, 0.29) is 11.9 Å². The second-order valence-corrected chi connectivity index (χ2v) is 5.09. The van der Waals surface area contributed by atoms with E-state index in [2.05, 4.69) is 10.3 Å². The minimum absolute atomic E-state index is 0.197. The van der Waals surface area contributed by atoms with Crippen LogP contribution in [-0.4, -0.2) is 40.2 Å². The van der Waals surface area contributed by atoms with Crippen LogP contribution in [-0.2, 0) is 10.7 Å². The number of aliphatic hydroxyl groups excluding tert-OH is 1. The van der Waals surface area contributed by atoms with Gasteiger partial charge in [0.1, 0.15) is 5.69 Å². The minimum atomic E-state index is -3.69. The molecule has 2 atom stereocenters. The number of carbonyl (C=O) groups is 1. The number of carbonyl (C=O) groups excluding carboxylic acids is 1. The van der Waals surface area contributed by atoms with Crippen molar-refractivity contribution in [3.8, 4) is 0 Å². The van der Waals surface area contributed by atoms with Gasteiger partial charge in [0, 0.05) is 17.5 Å². The SMILES string of the molecule is CS[C@H](CO)[C@H](C)NC(=O)C(F)(F)c1ccccn1. The highest BCUT2D eigenvalue weighted by molar-refractivity contribution is 7.99. The lowest BCUT2D eigenvalue weighted by molar-refractivity contribution is -0.148. The first-order valence-corrected chi connectivity index (χ1v) is 6.96. The summed E-state index contributed by atoms with van der Waals surface area (Å²) in [4.78, 5) is 15.1. The monoisotopic (exact) mass is 290 g/mol. The Hall–Kier alpha value is -1.21. The molecule has 0 saturated heterocycles. The van der Waals surface area contributed by atoms with Gasteiger partial charge in [0.2, 0.25) is 0 Å². The summed E-state index contributed by atoms with van der Waals surface area (Å²) in [6.45, 7) is 1.38. The largest absolute Gasteiger partial charge is 0.395 e. The van der Waals surface area contributed by atoms with Crippen LogP contribution in [0.1, 0.15) is 12.6 Å². The summed E-state index contributed by atoms with van der Waals surface area (Å²) in [7, 11) is 0. The molecule has 0 fully saturated rings. The fourth-order valence-electron chi connectivity index (χ4n) is 1.49. The Kier molecular flexibility index (Phi) is 5.68. The van der Waals surface area contributed by atoms with Crippen LogP contribution in [0.15, 0.2) is 24.4 Å². The number of thioether (sulfide) groups is 1. The zero-order valence-corrected chi connectivity index (χ0v) is 11.5. The van der Waals surface area contributed by atoms with Gasteiger partial charge < -0.3 is 10.4 Å². The first-order valence-electron chi connectivity index (χ1n) is 5.67. The summed E-state index contributed by atoms with van der Waals surface area (Å²) in [5.41, 5.74) is -0.593. The molecule has 19 heavy (non-hydrogen) atoms. The van der Waals surface area contributed by atoms with Crippen LogP contribution in [0.4, 0.5) is 8.78 Å². The Balaban J connectivity index is 2.77. The van der Waals surface area contributed by atoms with Gasteiger partial charge in [-0.3, -0.25) is 9.78 Å². The van der Waals surface area contributed by atoms with Crippen LogP contribution >= 0.6 is 11.8 Å². The van der Waals surface area contributed by atoms with Crippen LogP contribution < -0.4 is 5.32 Å². The molecule has 1 rings (SSSR count). The van der Waals surface area contributed by atoms with Crippen LogP contribution in [0.5, 0.6) is 0 Å². The summed E-state index contributed by atoms with van der Waals surface area (Å²) in [5.74, 6) is -5.10. The van der Waals surface area contributed by atoms with Gasteiger partial charge in [-0.05, 0) is 25.3 Å². The van der Waals surface area contributed by atoms with Gasteiger partial charge in [-0.15, -0.1) is 0 Å². The molecular weight excluding hydrogens is 274 g/mol. The third-order valence-electron chi connectivity index (χ3n) is 2.67. The molecular formula is C12H16F2N2O2S. The van der Waals surface area contributed by atoms with Gasteiger partial charge in [0.05, 0.1) is 6.61 Å². The zero-order chi connectivity index (χ0) is 14.5. The lowest BCUT2D eigenvalue weighted by Gasteiger charge is -2.24. The maximum absolute atomic E-state index is 13.8. The Morgan fingerprint density at radius 3 is 2.74 bits per heavy atom. The summed E-state index contributed by atoms with van der Waals surface area (Å²) in [6.07, 6.45) is 2.94. The van der Waals surface area contributed by atoms with Crippen LogP contribution in [0.25, 0.3) is 0 Å². The molecule has 0 radical (unpaired) electrons. The number of nitrogens with zero attached hydrogens (tertiary/aromatic N) is 1. The second-order valence-electron chi connectivity index (χ2n) is 4.01. The molecule has 0 saturated carbocycles. The third kappa shape index (κ3) is 3.87. The van der Waals surface area contributed by atoms with Gasteiger partial charge in [0.25, 0.3) is 5.91 Å². The molecule has 4 nitrogen and oxygen atoms in total. The molecule has 1 aromatic rings. The number of hydrogen-bond acceptors (Lipinski definition) is 4. The van der Waals surface area contributed by atoms with E-state index >= 15 is 0 Å². The van der Waals surface area contributed by atoms with Crippen molar-refractivity contribution in [3.05, 3.63) is 30.1 Å². The molecule has 0 bridgehead atoms. The number of rotatable bonds is 6. The number of pyridine rings is 1. The van der Waals surface area contributed by atoms with Gasteiger partial charge in [-0.2, -0.15) is 20.5 Å². The second kappa shape index (κ2) is 6.81. The van der Waals surface area contributed by atoms with Crippen molar-refractivity contribution in [3.63, 3.8) is 0 Å². The molecule has 0 aliphatic carbocycles. The van der Waals surface area contributed by atoms with Gasteiger partial charge in [-0.1, -0.05) is 6.07 Å². The van der Waals surface area contributed by atoms with E-state index < -0.39 is 23.6 Å². The highest BCUT2D eigenvalue weighted by atomic mass is 32.2. The third-order valence-corrected chi connectivity index (χ3v) is 3.83. The lowest BCUT2D eigenvalue weighted by atomic mass is 10.1. The maximum atomic E-state index is 13.8. The van der Waals surface area contributed by atoms with E-state index in [1.54, 1.807) is 13.2 Å². The number of alkyl halides is 2. The molecule has 0 aliphatic rings. The molecule has 2 N–H and O–H groups in total. The maximum Gasteiger partial charge on any atom is 0.366 e. The predicted molar refractivity (Wildman–Crippen MR) is 70.1 cm³/mol. The predicted octanol–water partition coefficient (Wildman–Crippen LogP) is 1.40. The number of aliphatic hydroxyl groups is 1. The number of aromatic nitrogens is 1. The van der Waals surface area contributed by atoms with Crippen LogP contribution in [0.3, 0.4) is 0 Å². The molecule has 0 unspecified atom stereocenters. The Morgan fingerprint density at radius 2 is 2.26 bits per heavy atom. The van der Waals surface area contributed by atoms with E-state index in [1.165, 1.54) is 30.1 Å². The van der Waals surface area contributed by atoms with E-state index in [1.807, 2.05) is 0 Å². The lowest BCUT2D eigenvalue weighted by Crippen LogP contribution is -2.47. The quantitative estimate of drug-likeness (QED) is 0.831. The highest BCUT2D eigenvalue weighted by Gasteiger charge is 2.43. The summed E-state index contributed by atoms with van der Waals surface area (Å²) >= 11 is 1.30. The van der Waals surface area contributed by atoms with Crippen molar-refractivity contribution in [1.29, 1.82) is 0 Å². The molecule has 106 valence electrons. The molecule has 0 aliphatic heterocycles. The fourth-order valence-corrected chi connectivity index (χ4v) is 2.12. The van der Waals surface area contributed by atoms with Crippen molar-refractivity contribution < 1.29 is 18.7 Å². The van der Waals surface area contributed by atoms with E-state index in [0.717, 1.165) is 6.07 Å². The first kappa shape index (κ1) is 15.8. The average molecular weight is 290 g/mol. The summed E-state index contributed by atoms with van der Waals surface area (Å²) < 4.78 is 27.7. The van der Waals surface area contributed by atoms with Crippen molar-refractivity contribution in [2.24, 2.45) is 0 Å². The Bertz CT molecular complexity index is 413. The smallest absolute Gasteiger partial charge is 0.366 e. The van der Waals surface area contributed by atoms with Crippen molar-refractivity contribution in [1.82, 2.24) is 10.3 Å². The summed E-state index contributed by atoms with van der Waals surface area (Å²) in [5, 5.41) is 10.9. The van der Waals surface area contributed by atoms with Gasteiger partial charge in [-0.25, -0.2) is 0 Å². The molecule has 0 aromatic carbocycles. The van der Waals surface area contributed by atoms with Crippen LogP contribution in [0.2, 0.25) is 0 Å². The van der Waals surface area contributed by atoms with Crippen LogP contribution in [0, 0.1) is 0 Å². The van der Waals surface area contributed by atoms with E-state index in [9.17, 15) is 13.6 Å².